The summed E-state index contributed by atoms with van der Waals surface area (Å²) >= 11 is 1.32. The number of nitrogens with one attached hydrogen (secondary N) is 1. The van der Waals surface area contributed by atoms with Gasteiger partial charge in [0.1, 0.15) is 6.61 Å². The number of aromatic nitrogens is 5. The molecule has 3 heterocycles. The summed E-state index contributed by atoms with van der Waals surface area (Å²) in [6.07, 6.45) is 1.45. The Balaban J connectivity index is 1.37. The van der Waals surface area contributed by atoms with E-state index >= 15 is 0 Å². The molecule has 0 aliphatic heterocycles. The summed E-state index contributed by atoms with van der Waals surface area (Å²) in [5.74, 6) is -0.547. The van der Waals surface area contributed by atoms with Gasteiger partial charge in [0.25, 0.3) is 5.56 Å². The van der Waals surface area contributed by atoms with E-state index in [-0.39, 0.29) is 30.0 Å². The van der Waals surface area contributed by atoms with E-state index in [1.54, 1.807) is 17.0 Å². The number of aryl methyl sites for hydroxylation is 1. The molecule has 0 fully saturated rings. The zero-order valence-electron chi connectivity index (χ0n) is 16.9. The largest absolute Gasteiger partial charge is 0.459 e. The van der Waals surface area contributed by atoms with Crippen LogP contribution in [0, 0.1) is 0 Å². The number of hydrogen-bond donors (Lipinski definition) is 1. The van der Waals surface area contributed by atoms with Crippen LogP contribution in [0.15, 0.2) is 51.6 Å². The number of fused-ring (bicyclic) bond motifs is 1. The van der Waals surface area contributed by atoms with Gasteiger partial charge in [0.2, 0.25) is 0 Å². The van der Waals surface area contributed by atoms with Crippen molar-refractivity contribution >= 4 is 33.6 Å². The summed E-state index contributed by atoms with van der Waals surface area (Å²) in [6.45, 7) is 0.855. The molecule has 11 heteroatoms. The standard InChI is InChI=1S/C20H20N6O4S/c1-24-16-15(17(27)25(2)20(24)29)26(12-22-16)8-9-30-18(28)14-11-31-19(23-14)21-10-13-6-4-3-5-7-13/h3-7,11-12H,8-10H2,1-2H3,(H,21,23). The molecule has 0 saturated heterocycles. The number of carbonyl (C=O) groups is 1. The van der Waals surface area contributed by atoms with Gasteiger partial charge in [-0.25, -0.2) is 19.6 Å². The fourth-order valence-corrected chi connectivity index (χ4v) is 3.78. The van der Waals surface area contributed by atoms with E-state index in [4.69, 9.17) is 4.74 Å². The number of benzene rings is 1. The molecule has 4 aromatic rings. The van der Waals surface area contributed by atoms with E-state index in [1.165, 1.54) is 29.3 Å². The first-order valence-corrected chi connectivity index (χ1v) is 10.3. The molecule has 0 bridgehead atoms. The molecule has 10 nitrogen and oxygen atoms in total. The fraction of sp³-hybridized carbons (Fsp3) is 0.250. The van der Waals surface area contributed by atoms with E-state index in [9.17, 15) is 14.4 Å². The number of hydrogen-bond acceptors (Lipinski definition) is 8. The summed E-state index contributed by atoms with van der Waals surface area (Å²) in [7, 11) is 2.96. The van der Waals surface area contributed by atoms with Crippen LogP contribution >= 0.6 is 11.3 Å². The molecule has 1 aromatic carbocycles. The summed E-state index contributed by atoms with van der Waals surface area (Å²) in [4.78, 5) is 45.1. The van der Waals surface area contributed by atoms with Crippen LogP contribution in [0.4, 0.5) is 5.13 Å². The molecule has 0 atom stereocenters. The molecule has 0 aliphatic carbocycles. The van der Waals surface area contributed by atoms with Crippen LogP contribution in [-0.2, 0) is 31.9 Å². The Labute approximate surface area is 180 Å². The summed E-state index contributed by atoms with van der Waals surface area (Å²) in [5.41, 5.74) is 0.993. The molecule has 4 rings (SSSR count). The third kappa shape index (κ3) is 4.12. The zero-order valence-corrected chi connectivity index (χ0v) is 17.8. The number of rotatable bonds is 7. The van der Waals surface area contributed by atoms with Crippen molar-refractivity contribution in [2.75, 3.05) is 11.9 Å². The van der Waals surface area contributed by atoms with E-state index in [1.807, 2.05) is 30.3 Å². The van der Waals surface area contributed by atoms with Gasteiger partial charge in [0.15, 0.2) is 22.0 Å². The average molecular weight is 440 g/mol. The van der Waals surface area contributed by atoms with E-state index in [0.717, 1.165) is 10.1 Å². The van der Waals surface area contributed by atoms with E-state index < -0.39 is 17.2 Å². The summed E-state index contributed by atoms with van der Waals surface area (Å²) in [5, 5.41) is 5.44. The van der Waals surface area contributed by atoms with Crippen molar-refractivity contribution in [2.45, 2.75) is 13.1 Å². The summed E-state index contributed by atoms with van der Waals surface area (Å²) < 4.78 is 9.19. The minimum Gasteiger partial charge on any atom is -0.459 e. The molecule has 0 spiro atoms. The van der Waals surface area contributed by atoms with Gasteiger partial charge in [0.05, 0.1) is 12.9 Å². The maximum atomic E-state index is 12.4. The van der Waals surface area contributed by atoms with Gasteiger partial charge in [0, 0.05) is 26.0 Å². The SMILES string of the molecule is Cn1c(=O)c2c(ncn2CCOC(=O)c2csc(NCc3ccccc3)n2)n(C)c1=O. The molecule has 0 radical (unpaired) electrons. The number of imidazole rings is 1. The normalized spacial score (nSPS) is 11.0. The minimum atomic E-state index is -0.547. The molecule has 31 heavy (non-hydrogen) atoms. The molecule has 0 saturated carbocycles. The van der Waals surface area contributed by atoms with Crippen molar-refractivity contribution in [1.29, 1.82) is 0 Å². The molecule has 0 aliphatic rings. The van der Waals surface area contributed by atoms with Crippen molar-refractivity contribution in [3.63, 3.8) is 0 Å². The number of esters is 1. The molecule has 0 amide bonds. The van der Waals surface area contributed by atoms with Crippen LogP contribution in [0.1, 0.15) is 16.1 Å². The molecular weight excluding hydrogens is 420 g/mol. The van der Waals surface area contributed by atoms with Crippen molar-refractivity contribution in [2.24, 2.45) is 14.1 Å². The van der Waals surface area contributed by atoms with Crippen molar-refractivity contribution in [1.82, 2.24) is 23.7 Å². The second kappa shape index (κ2) is 8.56. The highest BCUT2D eigenvalue weighted by atomic mass is 32.1. The first kappa shape index (κ1) is 20.5. The highest BCUT2D eigenvalue weighted by molar-refractivity contribution is 7.13. The van der Waals surface area contributed by atoms with Gasteiger partial charge < -0.3 is 14.6 Å². The Morgan fingerprint density at radius 1 is 1.16 bits per heavy atom. The molecule has 160 valence electrons. The topological polar surface area (TPSA) is 113 Å². The van der Waals surface area contributed by atoms with E-state index in [2.05, 4.69) is 15.3 Å². The Bertz CT molecular complexity index is 1350. The van der Waals surface area contributed by atoms with Gasteiger partial charge in [-0.15, -0.1) is 11.3 Å². The van der Waals surface area contributed by atoms with Gasteiger partial charge in [-0.05, 0) is 5.56 Å². The molecule has 0 unspecified atom stereocenters. The predicted octanol–water partition coefficient (Wildman–Crippen LogP) is 1.36. The van der Waals surface area contributed by atoms with E-state index in [0.29, 0.717) is 11.7 Å². The quantitative estimate of drug-likeness (QED) is 0.432. The third-order valence-corrected chi connectivity index (χ3v) is 5.58. The lowest BCUT2D eigenvalue weighted by Gasteiger charge is -2.07. The van der Waals surface area contributed by atoms with Crippen LogP contribution in [0.5, 0.6) is 0 Å². The van der Waals surface area contributed by atoms with Gasteiger partial charge in [-0.3, -0.25) is 13.9 Å². The second-order valence-electron chi connectivity index (χ2n) is 6.83. The number of nitrogens with zero attached hydrogens (tertiary/aromatic N) is 5. The zero-order chi connectivity index (χ0) is 22.0. The monoisotopic (exact) mass is 440 g/mol. The Morgan fingerprint density at radius 3 is 2.71 bits per heavy atom. The predicted molar refractivity (Wildman–Crippen MR) is 116 cm³/mol. The maximum absolute atomic E-state index is 12.4. The first-order valence-electron chi connectivity index (χ1n) is 9.47. The number of thiazole rings is 1. The lowest BCUT2D eigenvalue weighted by molar-refractivity contribution is 0.0486. The molecule has 1 N–H and O–H groups in total. The van der Waals surface area contributed by atoms with Crippen molar-refractivity contribution in [3.05, 3.63) is 74.1 Å². The van der Waals surface area contributed by atoms with Crippen LogP contribution in [0.2, 0.25) is 0 Å². The first-order chi connectivity index (χ1) is 15.0. The Hall–Kier alpha value is -3.73. The van der Waals surface area contributed by atoms with Gasteiger partial charge in [-0.1, -0.05) is 30.3 Å². The lowest BCUT2D eigenvalue weighted by atomic mass is 10.2. The fourth-order valence-electron chi connectivity index (χ4n) is 3.10. The van der Waals surface area contributed by atoms with Crippen LogP contribution in [0.3, 0.4) is 0 Å². The molecule has 3 aromatic heterocycles. The number of ether oxygens (including phenoxy) is 1. The Kier molecular flexibility index (Phi) is 5.67. The summed E-state index contributed by atoms with van der Waals surface area (Å²) in [6, 6.07) is 9.87. The van der Waals surface area contributed by atoms with Crippen molar-refractivity contribution < 1.29 is 9.53 Å². The molecular formula is C20H20N6O4S. The lowest BCUT2D eigenvalue weighted by Crippen LogP contribution is -2.37. The highest BCUT2D eigenvalue weighted by Gasteiger charge is 2.16. The maximum Gasteiger partial charge on any atom is 0.357 e. The van der Waals surface area contributed by atoms with Crippen molar-refractivity contribution in [3.8, 4) is 0 Å². The average Bonchev–Trinajstić information content (AvgIpc) is 3.43. The van der Waals surface area contributed by atoms with Crippen LogP contribution < -0.4 is 16.6 Å². The van der Waals surface area contributed by atoms with Crippen LogP contribution in [0.25, 0.3) is 11.2 Å². The minimum absolute atomic E-state index is 0.0284. The Morgan fingerprint density at radius 2 is 1.94 bits per heavy atom. The third-order valence-electron chi connectivity index (χ3n) is 4.78. The van der Waals surface area contributed by atoms with Crippen LogP contribution in [-0.4, -0.2) is 36.2 Å². The smallest absolute Gasteiger partial charge is 0.357 e. The number of carbonyl (C=O) groups excluding carboxylic acids is 1. The van der Waals surface area contributed by atoms with Gasteiger partial charge in [-0.2, -0.15) is 0 Å². The van der Waals surface area contributed by atoms with Gasteiger partial charge >= 0.3 is 11.7 Å². The highest BCUT2D eigenvalue weighted by Crippen LogP contribution is 2.17. The number of anilines is 1. The second-order valence-corrected chi connectivity index (χ2v) is 7.69.